The second-order valence-electron chi connectivity index (χ2n) is 4.79. The first kappa shape index (κ1) is 15.2. The van der Waals surface area contributed by atoms with Crippen LogP contribution < -0.4 is 0 Å². The molecule has 0 aliphatic rings. The highest BCUT2D eigenvalue weighted by Gasteiger charge is 1.95. The van der Waals surface area contributed by atoms with Gasteiger partial charge in [-0.15, -0.1) is 0 Å². The number of hydrogen-bond acceptors (Lipinski definition) is 2. The topological polar surface area (TPSA) is 29.5 Å². The molecule has 0 aliphatic heterocycles. The standard InChI is InChI=1S/C16H26O2/c1-2-3-4-5-6-7-12-18-14-16-10-8-15(13-17)9-11-16/h8-11,17H,2-7,12-14H2,1H3. The summed E-state index contributed by atoms with van der Waals surface area (Å²) >= 11 is 0. The number of hydrogen-bond donors (Lipinski definition) is 1. The van der Waals surface area contributed by atoms with Crippen molar-refractivity contribution in [2.45, 2.75) is 58.7 Å². The number of unbranched alkanes of at least 4 members (excludes halogenated alkanes) is 5. The Morgan fingerprint density at radius 2 is 1.50 bits per heavy atom. The molecule has 0 radical (unpaired) electrons. The molecule has 0 fully saturated rings. The van der Waals surface area contributed by atoms with Crippen molar-refractivity contribution < 1.29 is 9.84 Å². The van der Waals surface area contributed by atoms with Gasteiger partial charge in [-0.3, -0.25) is 0 Å². The molecule has 0 aromatic heterocycles. The Balaban J connectivity index is 2.00. The highest BCUT2D eigenvalue weighted by atomic mass is 16.5. The first-order valence-corrected chi connectivity index (χ1v) is 7.13. The number of rotatable bonds is 10. The van der Waals surface area contributed by atoms with Crippen molar-refractivity contribution in [2.24, 2.45) is 0 Å². The SMILES string of the molecule is CCCCCCCCOCc1ccc(CO)cc1. The van der Waals surface area contributed by atoms with E-state index >= 15 is 0 Å². The average molecular weight is 250 g/mol. The first-order valence-electron chi connectivity index (χ1n) is 7.13. The van der Waals surface area contributed by atoms with Crippen LogP contribution in [0.25, 0.3) is 0 Å². The highest BCUT2D eigenvalue weighted by molar-refractivity contribution is 5.21. The smallest absolute Gasteiger partial charge is 0.0716 e. The van der Waals surface area contributed by atoms with Crippen LogP contribution in [0.15, 0.2) is 24.3 Å². The third-order valence-electron chi connectivity index (χ3n) is 3.12. The van der Waals surface area contributed by atoms with Gasteiger partial charge in [0.1, 0.15) is 0 Å². The van der Waals surface area contributed by atoms with Gasteiger partial charge in [-0.1, -0.05) is 63.3 Å². The minimum Gasteiger partial charge on any atom is -0.392 e. The van der Waals surface area contributed by atoms with Crippen molar-refractivity contribution in [3.05, 3.63) is 35.4 Å². The molecule has 1 aromatic rings. The van der Waals surface area contributed by atoms with Crippen LogP contribution in [-0.4, -0.2) is 11.7 Å². The van der Waals surface area contributed by atoms with Gasteiger partial charge >= 0.3 is 0 Å². The van der Waals surface area contributed by atoms with Gasteiger partial charge in [-0.2, -0.15) is 0 Å². The van der Waals surface area contributed by atoms with E-state index in [0.717, 1.165) is 12.2 Å². The first-order chi connectivity index (χ1) is 8.86. The van der Waals surface area contributed by atoms with Crippen molar-refractivity contribution in [1.82, 2.24) is 0 Å². The molecule has 0 saturated heterocycles. The van der Waals surface area contributed by atoms with E-state index < -0.39 is 0 Å². The second-order valence-corrected chi connectivity index (χ2v) is 4.79. The zero-order chi connectivity index (χ0) is 13.1. The lowest BCUT2D eigenvalue weighted by Gasteiger charge is -2.05. The largest absolute Gasteiger partial charge is 0.392 e. The third kappa shape index (κ3) is 6.77. The molecule has 0 saturated carbocycles. The quantitative estimate of drug-likeness (QED) is 0.635. The van der Waals surface area contributed by atoms with E-state index in [4.69, 9.17) is 9.84 Å². The summed E-state index contributed by atoms with van der Waals surface area (Å²) in [6.45, 7) is 3.89. The number of benzene rings is 1. The van der Waals surface area contributed by atoms with Crippen LogP contribution in [0.1, 0.15) is 56.6 Å². The molecule has 0 spiro atoms. The van der Waals surface area contributed by atoms with E-state index in [9.17, 15) is 0 Å². The third-order valence-corrected chi connectivity index (χ3v) is 3.12. The summed E-state index contributed by atoms with van der Waals surface area (Å²) in [4.78, 5) is 0. The lowest BCUT2D eigenvalue weighted by Crippen LogP contribution is -1.96. The molecule has 0 atom stereocenters. The number of ether oxygens (including phenoxy) is 1. The molecule has 102 valence electrons. The molecule has 0 unspecified atom stereocenters. The van der Waals surface area contributed by atoms with Crippen molar-refractivity contribution in [2.75, 3.05) is 6.61 Å². The Hall–Kier alpha value is -0.860. The number of aliphatic hydroxyl groups is 1. The zero-order valence-electron chi connectivity index (χ0n) is 11.5. The van der Waals surface area contributed by atoms with Crippen molar-refractivity contribution >= 4 is 0 Å². The zero-order valence-corrected chi connectivity index (χ0v) is 11.5. The van der Waals surface area contributed by atoms with Crippen molar-refractivity contribution in [3.63, 3.8) is 0 Å². The van der Waals surface area contributed by atoms with E-state index in [1.54, 1.807) is 0 Å². The van der Waals surface area contributed by atoms with Crippen LogP contribution in [-0.2, 0) is 18.0 Å². The minimum absolute atomic E-state index is 0.110. The lowest BCUT2D eigenvalue weighted by molar-refractivity contribution is 0.116. The van der Waals surface area contributed by atoms with Crippen LogP contribution in [0.4, 0.5) is 0 Å². The van der Waals surface area contributed by atoms with Gasteiger partial charge in [0.05, 0.1) is 13.2 Å². The average Bonchev–Trinajstić information content (AvgIpc) is 2.42. The molecule has 2 nitrogen and oxygen atoms in total. The fourth-order valence-electron chi connectivity index (χ4n) is 1.92. The van der Waals surface area contributed by atoms with E-state index in [1.807, 2.05) is 24.3 Å². The summed E-state index contributed by atoms with van der Waals surface area (Å²) in [6, 6.07) is 7.94. The Labute approximate surface area is 111 Å². The van der Waals surface area contributed by atoms with E-state index in [1.165, 1.54) is 44.1 Å². The fourth-order valence-corrected chi connectivity index (χ4v) is 1.92. The van der Waals surface area contributed by atoms with Gasteiger partial charge in [0.25, 0.3) is 0 Å². The summed E-state index contributed by atoms with van der Waals surface area (Å²) in [6.07, 6.45) is 7.81. The van der Waals surface area contributed by atoms with Crippen LogP contribution >= 0.6 is 0 Å². The van der Waals surface area contributed by atoms with Crippen molar-refractivity contribution in [1.29, 1.82) is 0 Å². The van der Waals surface area contributed by atoms with Gasteiger partial charge in [0.2, 0.25) is 0 Å². The summed E-state index contributed by atoms with van der Waals surface area (Å²) in [5.74, 6) is 0. The van der Waals surface area contributed by atoms with Crippen molar-refractivity contribution in [3.8, 4) is 0 Å². The Bertz CT molecular complexity index is 292. The highest BCUT2D eigenvalue weighted by Crippen LogP contribution is 2.08. The van der Waals surface area contributed by atoms with E-state index in [2.05, 4.69) is 6.92 Å². The molecule has 18 heavy (non-hydrogen) atoms. The molecule has 0 aliphatic carbocycles. The van der Waals surface area contributed by atoms with Gasteiger partial charge in [0, 0.05) is 6.61 Å². The number of aliphatic hydroxyl groups excluding tert-OH is 1. The van der Waals surface area contributed by atoms with Crippen LogP contribution in [0.2, 0.25) is 0 Å². The summed E-state index contributed by atoms with van der Waals surface area (Å²) < 4.78 is 5.64. The predicted octanol–water partition coefficient (Wildman–Crippen LogP) is 4.06. The fraction of sp³-hybridized carbons (Fsp3) is 0.625. The maximum Gasteiger partial charge on any atom is 0.0716 e. The molecular weight excluding hydrogens is 224 g/mol. The van der Waals surface area contributed by atoms with Gasteiger partial charge in [0.15, 0.2) is 0 Å². The van der Waals surface area contributed by atoms with Crippen LogP contribution in [0.3, 0.4) is 0 Å². The predicted molar refractivity (Wildman–Crippen MR) is 75.4 cm³/mol. The van der Waals surface area contributed by atoms with Gasteiger partial charge < -0.3 is 9.84 Å². The van der Waals surface area contributed by atoms with Gasteiger partial charge in [-0.05, 0) is 17.5 Å². The molecule has 1 rings (SSSR count). The molecule has 1 aromatic carbocycles. The Morgan fingerprint density at radius 1 is 0.889 bits per heavy atom. The maximum absolute atomic E-state index is 8.93. The second kappa shape index (κ2) is 10.1. The normalized spacial score (nSPS) is 10.8. The van der Waals surface area contributed by atoms with Crippen LogP contribution in [0, 0.1) is 0 Å². The maximum atomic E-state index is 8.93. The van der Waals surface area contributed by atoms with Gasteiger partial charge in [-0.25, -0.2) is 0 Å². The Kier molecular flexibility index (Phi) is 8.53. The molecule has 1 N–H and O–H groups in total. The monoisotopic (exact) mass is 250 g/mol. The summed E-state index contributed by atoms with van der Waals surface area (Å²) in [5.41, 5.74) is 2.13. The molecule has 0 bridgehead atoms. The lowest BCUT2D eigenvalue weighted by atomic mass is 10.1. The Morgan fingerprint density at radius 3 is 2.17 bits per heavy atom. The summed E-state index contributed by atoms with van der Waals surface area (Å²) in [7, 11) is 0. The van der Waals surface area contributed by atoms with E-state index in [-0.39, 0.29) is 6.61 Å². The molecule has 0 amide bonds. The minimum atomic E-state index is 0.110. The molecule has 0 heterocycles. The molecular formula is C16H26O2. The molecule has 2 heteroatoms. The van der Waals surface area contributed by atoms with Crippen LogP contribution in [0.5, 0.6) is 0 Å². The van der Waals surface area contributed by atoms with E-state index in [0.29, 0.717) is 6.61 Å². The summed E-state index contributed by atoms with van der Waals surface area (Å²) in [5, 5.41) is 8.93.